The van der Waals surface area contributed by atoms with Crippen molar-refractivity contribution in [1.82, 2.24) is 0 Å². The van der Waals surface area contributed by atoms with Gasteiger partial charge in [-0.3, -0.25) is 0 Å². The van der Waals surface area contributed by atoms with Crippen molar-refractivity contribution in [2.75, 3.05) is 0 Å². The van der Waals surface area contributed by atoms with Gasteiger partial charge in [-0.15, -0.1) is 105 Å². The van der Waals surface area contributed by atoms with Crippen LogP contribution in [0.3, 0.4) is 0 Å². The molecule has 0 nitrogen and oxygen atoms in total. The number of halogens is 4. The van der Waals surface area contributed by atoms with Crippen molar-refractivity contribution in [3.8, 4) is 0 Å². The molecule has 0 fully saturated rings. The van der Waals surface area contributed by atoms with E-state index in [1.54, 1.807) is 0 Å². The van der Waals surface area contributed by atoms with E-state index in [0.717, 1.165) is 0 Å². The van der Waals surface area contributed by atoms with Gasteiger partial charge in [0.25, 0.3) is 0 Å². The molecule has 2 unspecified atom stereocenters. The van der Waals surface area contributed by atoms with Gasteiger partial charge in [0.1, 0.15) is 0 Å². The van der Waals surface area contributed by atoms with Gasteiger partial charge in [-0.1, -0.05) is 87.8 Å². The van der Waals surface area contributed by atoms with Crippen LogP contribution < -0.4 is 49.6 Å². The summed E-state index contributed by atoms with van der Waals surface area (Å²) in [5, 5.41) is 6.68. The maximum absolute atomic E-state index is 2.50. The van der Waals surface area contributed by atoms with Gasteiger partial charge < -0.3 is 49.6 Å². The molecule has 4 aromatic carbocycles. The van der Waals surface area contributed by atoms with Crippen LogP contribution in [0.2, 0.25) is 26.2 Å². The first-order valence-corrected chi connectivity index (χ1v) is 23.1. The van der Waals surface area contributed by atoms with Gasteiger partial charge in [-0.25, -0.2) is 0 Å². The van der Waals surface area contributed by atoms with Crippen molar-refractivity contribution < 1.29 is 102 Å². The zero-order valence-electron chi connectivity index (χ0n) is 31.0. The third kappa shape index (κ3) is 16.2. The summed E-state index contributed by atoms with van der Waals surface area (Å²) in [6.07, 6.45) is 13.9. The molecule has 0 radical (unpaired) electrons. The molecule has 52 heavy (non-hydrogen) atoms. The first-order valence-electron chi connectivity index (χ1n) is 16.1. The molecule has 0 aromatic heterocycles. The van der Waals surface area contributed by atoms with Crippen molar-refractivity contribution in [3.63, 3.8) is 0 Å². The fraction of sp³-hybridized carbons (Fsp3) is 0.238. The Morgan fingerprint density at radius 2 is 0.885 bits per heavy atom. The third-order valence-corrected chi connectivity index (χ3v) is 12.6. The predicted molar refractivity (Wildman–Crippen MR) is 218 cm³/mol. The van der Waals surface area contributed by atoms with Gasteiger partial charge in [0.2, 0.25) is 0 Å². The molecular formula is C42H46Cl4S2Si2Zr2+2. The Labute approximate surface area is 387 Å². The van der Waals surface area contributed by atoms with Gasteiger partial charge >= 0.3 is 52.4 Å². The van der Waals surface area contributed by atoms with E-state index in [2.05, 4.69) is 174 Å². The van der Waals surface area contributed by atoms with E-state index in [1.807, 2.05) is 23.5 Å². The number of hydrogen-bond acceptors (Lipinski definition) is 2. The molecule has 0 amide bonds. The average molecular weight is 995 g/mol. The number of hydrogen-bond donors (Lipinski definition) is 0. The van der Waals surface area contributed by atoms with Crippen molar-refractivity contribution in [3.05, 3.63) is 152 Å². The molecule has 0 N–H and O–H groups in total. The zero-order valence-corrected chi connectivity index (χ0v) is 42.6. The number of allylic oxidation sites excluding steroid dienone is 8. The normalized spacial score (nSPS) is 16.5. The maximum Gasteiger partial charge on any atom is 4.00 e. The van der Waals surface area contributed by atoms with E-state index >= 15 is 0 Å². The summed E-state index contributed by atoms with van der Waals surface area (Å²) >= 11 is 4.00. The van der Waals surface area contributed by atoms with Crippen LogP contribution >= 0.6 is 23.5 Å². The van der Waals surface area contributed by atoms with Crippen LogP contribution in [0.25, 0.3) is 21.5 Å². The van der Waals surface area contributed by atoms with E-state index in [4.69, 9.17) is 0 Å². The molecule has 0 saturated carbocycles. The molecule has 2 heterocycles. The second-order valence-electron chi connectivity index (χ2n) is 13.0. The van der Waals surface area contributed by atoms with Crippen molar-refractivity contribution >= 4 is 73.2 Å². The molecule has 2 atom stereocenters. The van der Waals surface area contributed by atoms with E-state index in [0.29, 0.717) is 10.5 Å². The summed E-state index contributed by atoms with van der Waals surface area (Å²) < 4.78 is 0. The number of thioether (sulfide) groups is 2. The zero-order chi connectivity index (χ0) is 32.8. The smallest absolute Gasteiger partial charge is 1.00 e. The van der Waals surface area contributed by atoms with E-state index in [1.165, 1.54) is 64.8 Å². The minimum absolute atomic E-state index is 0. The summed E-state index contributed by atoms with van der Waals surface area (Å²) in [5.74, 6) is 0. The van der Waals surface area contributed by atoms with E-state index < -0.39 is 0 Å². The number of benzene rings is 2. The van der Waals surface area contributed by atoms with Gasteiger partial charge in [0.15, 0.2) is 0 Å². The van der Waals surface area contributed by atoms with Crippen LogP contribution in [0.5, 0.6) is 0 Å². The van der Waals surface area contributed by atoms with Crippen molar-refractivity contribution in [1.29, 1.82) is 0 Å². The predicted octanol–water partition coefficient (Wildman–Crippen LogP) is -0.234. The Balaban J connectivity index is 0. The van der Waals surface area contributed by atoms with E-state index in [9.17, 15) is 0 Å². The summed E-state index contributed by atoms with van der Waals surface area (Å²) in [7, 11) is -0.399. The van der Waals surface area contributed by atoms with Gasteiger partial charge in [0.05, 0.1) is 0 Å². The largest absolute Gasteiger partial charge is 4.00 e. The fourth-order valence-corrected chi connectivity index (χ4v) is 11.6. The summed E-state index contributed by atoms with van der Waals surface area (Å²) in [6.45, 7) is 17.9. The second kappa shape index (κ2) is 25.9. The van der Waals surface area contributed by atoms with Crippen molar-refractivity contribution in [2.45, 2.75) is 64.4 Å². The third-order valence-electron chi connectivity index (χ3n) is 7.79. The molecule has 2 aliphatic heterocycles. The van der Waals surface area contributed by atoms with Crippen LogP contribution in [-0.2, 0) is 52.4 Å². The number of fused-ring (bicyclic) bond motifs is 4. The SMILES string of the molecule is CC1=CC2=CC(C=[Si](C)C)SC2=C1.CC1=CC2=CC(C=[Si](C)C)SC2=C1.Cc1cc2ccccc2[cH-]1.Cc1cc2ccccc2[cH-]1.[Cl-].[Cl-].[Cl-].[Cl-].[Zr+4].[Zr+4]. The standard InChI is InChI=1S/2C11H14SSi.2C10H9.4ClH.2Zr/c2*1-8-4-9-6-10(7-13(2)3)12-11(9)5-8;2*1-8-6-9-4-2-3-5-10(9)7-8;;;;;;/h2*4-7,10H,1-3H3;2*2-7H,1H3;4*1H;;/q;;2*-1;;;;;2*+4/p-4. The summed E-state index contributed by atoms with van der Waals surface area (Å²) in [4.78, 5) is 2.95. The minimum atomic E-state index is -0.200. The van der Waals surface area contributed by atoms with Crippen molar-refractivity contribution in [2.24, 2.45) is 0 Å². The van der Waals surface area contributed by atoms with Crippen LogP contribution in [0.4, 0.5) is 0 Å². The van der Waals surface area contributed by atoms with E-state index in [-0.39, 0.29) is 119 Å². The Morgan fingerprint density at radius 3 is 1.19 bits per heavy atom. The molecule has 0 bridgehead atoms. The van der Waals surface area contributed by atoms with Crippen LogP contribution in [0, 0.1) is 13.8 Å². The molecule has 8 rings (SSSR count). The molecule has 0 spiro atoms. The molecule has 4 aliphatic rings. The fourth-order valence-electron chi connectivity index (χ4n) is 5.91. The summed E-state index contributed by atoms with van der Waals surface area (Å²) in [6, 6.07) is 25.7. The van der Waals surface area contributed by atoms with Crippen LogP contribution in [0.15, 0.2) is 141 Å². The van der Waals surface area contributed by atoms with Gasteiger partial charge in [0, 0.05) is 37.1 Å². The van der Waals surface area contributed by atoms with Crippen LogP contribution in [-0.4, -0.2) is 38.7 Å². The number of aryl methyl sites for hydroxylation is 2. The average Bonchev–Trinajstić information content (AvgIpc) is 3.80. The second-order valence-corrected chi connectivity index (χ2v) is 20.4. The molecular weight excluding hydrogens is 949 g/mol. The molecule has 0 saturated heterocycles. The monoisotopic (exact) mass is 990 g/mol. The quantitative estimate of drug-likeness (QED) is 0.202. The maximum atomic E-state index is 2.50. The van der Waals surface area contributed by atoms with Gasteiger partial charge in [-0.05, 0) is 48.3 Å². The number of rotatable bonds is 2. The molecule has 2 aliphatic carbocycles. The Bertz CT molecular complexity index is 1790. The first kappa shape index (κ1) is 54.0. The Kier molecular flexibility index (Phi) is 26.9. The molecule has 268 valence electrons. The summed E-state index contributed by atoms with van der Waals surface area (Å²) in [5.41, 5.74) is 13.4. The topological polar surface area (TPSA) is 0 Å². The minimum Gasteiger partial charge on any atom is -1.00 e. The van der Waals surface area contributed by atoms with Crippen LogP contribution in [0.1, 0.15) is 25.0 Å². The Hall–Kier alpha value is -0.1000. The molecule has 10 heteroatoms. The molecule has 4 aromatic rings. The van der Waals surface area contributed by atoms with Gasteiger partial charge in [-0.2, -0.15) is 12.1 Å². The first-order chi connectivity index (χ1) is 22.0. The Morgan fingerprint density at radius 1 is 0.538 bits per heavy atom.